The smallest absolute Gasteiger partial charge is 0.261 e. The Hall–Kier alpha value is -1.57. The predicted octanol–water partition coefficient (Wildman–Crippen LogP) is 1.17. The summed E-state index contributed by atoms with van der Waals surface area (Å²) in [5, 5.41) is 9.41. The van der Waals surface area contributed by atoms with Gasteiger partial charge in [0.1, 0.15) is 0 Å². The van der Waals surface area contributed by atoms with Crippen LogP contribution in [-0.2, 0) is 19.1 Å². The number of amides is 2. The molecule has 0 unspecified atom stereocenters. The van der Waals surface area contributed by atoms with Crippen LogP contribution in [0, 0.1) is 0 Å². The molecule has 9 nitrogen and oxygen atoms in total. The Morgan fingerprint density at radius 2 is 1.31 bits per heavy atom. The lowest BCUT2D eigenvalue weighted by molar-refractivity contribution is -0.130. The minimum absolute atomic E-state index is 0.0287. The minimum atomic E-state index is -0.402. The van der Waals surface area contributed by atoms with Gasteiger partial charge in [-0.25, -0.2) is 0 Å². The Kier molecular flexibility index (Phi) is 14.5. The lowest BCUT2D eigenvalue weighted by Crippen LogP contribution is -2.41. The van der Waals surface area contributed by atoms with Gasteiger partial charge in [-0.15, -0.1) is 37.9 Å². The molecule has 0 radical (unpaired) electrons. The topological polar surface area (TPSA) is 95.2 Å². The van der Waals surface area contributed by atoms with Crippen LogP contribution in [0.5, 0.6) is 0 Å². The molecule has 2 amide bonds. The molecule has 0 aromatic carbocycles. The standard InChI is InChI=1S/C24H39N5O4S3/c1-18(17-20(34)19(2)28-9-13-32-14-10-28)26-7-3-5-25-6-4-8-27-23(30)21(35)22(36)24(31)29-11-15-33-16-12-29/h17,25-26,34-36H,1-16H2,(H,27,30)/b20-17+,22-21-. The monoisotopic (exact) mass is 557 g/mol. The number of hydrogen-bond acceptors (Lipinski definition) is 10. The zero-order valence-corrected chi connectivity index (χ0v) is 23.4. The molecule has 12 heteroatoms. The van der Waals surface area contributed by atoms with E-state index in [2.05, 4.69) is 71.9 Å². The number of allylic oxidation sites excluding steroid dienone is 1. The summed E-state index contributed by atoms with van der Waals surface area (Å²) in [5.41, 5.74) is 1.68. The van der Waals surface area contributed by atoms with E-state index in [1.54, 1.807) is 4.90 Å². The Labute approximate surface area is 231 Å². The van der Waals surface area contributed by atoms with E-state index < -0.39 is 5.91 Å². The predicted molar refractivity (Wildman–Crippen MR) is 153 cm³/mol. The Balaban J connectivity index is 1.53. The molecule has 0 aromatic rings. The van der Waals surface area contributed by atoms with Crippen LogP contribution in [0.15, 0.2) is 45.3 Å². The van der Waals surface area contributed by atoms with Crippen molar-refractivity contribution in [2.24, 2.45) is 0 Å². The van der Waals surface area contributed by atoms with Crippen LogP contribution in [0.1, 0.15) is 12.8 Å². The number of morpholine rings is 2. The first-order chi connectivity index (χ1) is 17.3. The number of nitrogens with one attached hydrogen (secondary N) is 3. The SMILES string of the molecule is C=C(/C=C(/S)C(=C)N1CCOCC1)NCCCNCCCNC(=O)/C(S)=C(/S)C(=O)N1CCOCC1. The zero-order chi connectivity index (χ0) is 26.3. The van der Waals surface area contributed by atoms with Gasteiger partial charge in [-0.3, -0.25) is 9.59 Å². The van der Waals surface area contributed by atoms with E-state index in [0.717, 1.165) is 61.9 Å². The summed E-state index contributed by atoms with van der Waals surface area (Å²) >= 11 is 13.0. The van der Waals surface area contributed by atoms with Gasteiger partial charge in [0.2, 0.25) is 0 Å². The third-order valence-corrected chi connectivity index (χ3v) is 7.04. The highest BCUT2D eigenvalue weighted by atomic mass is 32.1. The highest BCUT2D eigenvalue weighted by molar-refractivity contribution is 7.90. The molecule has 2 aliphatic rings. The fourth-order valence-corrected chi connectivity index (χ4v) is 4.22. The van der Waals surface area contributed by atoms with Crippen molar-refractivity contribution in [3.05, 3.63) is 45.3 Å². The van der Waals surface area contributed by atoms with E-state index in [9.17, 15) is 9.59 Å². The van der Waals surface area contributed by atoms with E-state index in [4.69, 9.17) is 9.47 Å². The number of carbonyl (C=O) groups excluding carboxylic acids is 2. The molecule has 2 rings (SSSR count). The van der Waals surface area contributed by atoms with E-state index in [-0.39, 0.29) is 15.7 Å². The van der Waals surface area contributed by atoms with Gasteiger partial charge in [-0.2, -0.15) is 0 Å². The summed E-state index contributed by atoms with van der Waals surface area (Å²) in [6.07, 6.45) is 3.56. The fourth-order valence-electron chi connectivity index (χ4n) is 3.51. The molecule has 2 saturated heterocycles. The van der Waals surface area contributed by atoms with Crippen molar-refractivity contribution in [1.29, 1.82) is 0 Å². The zero-order valence-electron chi connectivity index (χ0n) is 20.8. The Morgan fingerprint density at radius 3 is 1.89 bits per heavy atom. The average Bonchev–Trinajstić information content (AvgIpc) is 2.91. The largest absolute Gasteiger partial charge is 0.385 e. The third kappa shape index (κ3) is 10.8. The first kappa shape index (κ1) is 30.7. The van der Waals surface area contributed by atoms with Gasteiger partial charge in [0, 0.05) is 55.6 Å². The number of thiol groups is 3. The molecule has 3 N–H and O–H groups in total. The number of hydrogen-bond donors (Lipinski definition) is 6. The second-order valence-corrected chi connectivity index (χ2v) is 9.72. The fraction of sp³-hybridized carbons (Fsp3) is 0.583. The van der Waals surface area contributed by atoms with E-state index >= 15 is 0 Å². The normalized spacial score (nSPS) is 17.4. The molecular formula is C24H39N5O4S3. The van der Waals surface area contributed by atoms with Crippen LogP contribution in [-0.4, -0.2) is 100 Å². The van der Waals surface area contributed by atoms with Crippen molar-refractivity contribution in [3.8, 4) is 0 Å². The van der Waals surface area contributed by atoms with E-state index in [1.165, 1.54) is 0 Å². The first-order valence-electron chi connectivity index (χ1n) is 12.1. The quantitative estimate of drug-likeness (QED) is 0.0827. The second kappa shape index (κ2) is 17.0. The number of nitrogens with zero attached hydrogens (tertiary/aromatic N) is 2. The minimum Gasteiger partial charge on any atom is -0.385 e. The summed E-state index contributed by atoms with van der Waals surface area (Å²) in [5.74, 6) is -0.705. The molecule has 0 aliphatic carbocycles. The van der Waals surface area contributed by atoms with Crippen molar-refractivity contribution in [2.45, 2.75) is 12.8 Å². The summed E-state index contributed by atoms with van der Waals surface area (Å²) < 4.78 is 10.6. The van der Waals surface area contributed by atoms with Gasteiger partial charge in [0.25, 0.3) is 11.8 Å². The molecule has 36 heavy (non-hydrogen) atoms. The molecule has 0 saturated carbocycles. The number of ether oxygens (including phenoxy) is 2. The molecule has 0 spiro atoms. The maximum Gasteiger partial charge on any atom is 0.261 e. The van der Waals surface area contributed by atoms with Gasteiger partial charge in [0.15, 0.2) is 0 Å². The summed E-state index contributed by atoms with van der Waals surface area (Å²) in [7, 11) is 0. The van der Waals surface area contributed by atoms with Crippen LogP contribution in [0.4, 0.5) is 0 Å². The molecule has 2 fully saturated rings. The molecule has 0 aromatic heterocycles. The maximum absolute atomic E-state index is 12.4. The van der Waals surface area contributed by atoms with Crippen LogP contribution in [0.2, 0.25) is 0 Å². The van der Waals surface area contributed by atoms with Gasteiger partial charge in [0.05, 0.1) is 36.2 Å². The summed E-state index contributed by atoms with van der Waals surface area (Å²) in [4.78, 5) is 29.3. The van der Waals surface area contributed by atoms with Gasteiger partial charge in [-0.1, -0.05) is 13.2 Å². The van der Waals surface area contributed by atoms with Crippen molar-refractivity contribution in [2.75, 3.05) is 78.8 Å². The Bertz CT molecular complexity index is 838. The van der Waals surface area contributed by atoms with Gasteiger partial charge in [-0.05, 0) is 32.0 Å². The highest BCUT2D eigenvalue weighted by Gasteiger charge is 2.22. The molecule has 202 valence electrons. The first-order valence-corrected chi connectivity index (χ1v) is 13.5. The van der Waals surface area contributed by atoms with Gasteiger partial charge < -0.3 is 35.2 Å². The van der Waals surface area contributed by atoms with Crippen LogP contribution < -0.4 is 16.0 Å². The number of carbonyl (C=O) groups is 2. The lowest BCUT2D eigenvalue weighted by atomic mass is 10.3. The number of rotatable bonds is 14. The van der Waals surface area contributed by atoms with E-state index in [0.29, 0.717) is 46.1 Å². The van der Waals surface area contributed by atoms with Gasteiger partial charge >= 0.3 is 0 Å². The maximum atomic E-state index is 12.4. The molecule has 0 atom stereocenters. The van der Waals surface area contributed by atoms with Crippen LogP contribution >= 0.6 is 37.9 Å². The second-order valence-electron chi connectivity index (χ2n) is 8.34. The van der Waals surface area contributed by atoms with Crippen LogP contribution in [0.3, 0.4) is 0 Å². The van der Waals surface area contributed by atoms with Crippen molar-refractivity contribution < 1.29 is 19.1 Å². The summed E-state index contributed by atoms with van der Waals surface area (Å²) in [6, 6.07) is 0. The Morgan fingerprint density at radius 1 is 0.778 bits per heavy atom. The van der Waals surface area contributed by atoms with Crippen LogP contribution in [0.25, 0.3) is 0 Å². The molecular weight excluding hydrogens is 518 g/mol. The van der Waals surface area contributed by atoms with Crippen molar-refractivity contribution in [1.82, 2.24) is 25.8 Å². The molecule has 0 bridgehead atoms. The molecule has 2 heterocycles. The lowest BCUT2D eigenvalue weighted by Gasteiger charge is -2.30. The van der Waals surface area contributed by atoms with Crippen molar-refractivity contribution in [3.63, 3.8) is 0 Å². The highest BCUT2D eigenvalue weighted by Crippen LogP contribution is 2.19. The van der Waals surface area contributed by atoms with E-state index in [1.807, 2.05) is 6.08 Å². The summed E-state index contributed by atoms with van der Waals surface area (Å²) in [6.45, 7) is 16.0. The third-order valence-electron chi connectivity index (χ3n) is 5.64. The van der Waals surface area contributed by atoms with Crippen molar-refractivity contribution >= 4 is 49.7 Å². The molecule has 2 aliphatic heterocycles. The average molecular weight is 558 g/mol.